The van der Waals surface area contributed by atoms with Gasteiger partial charge in [0.05, 0.1) is 73.8 Å². The fraction of sp³-hybridized carbons (Fsp3) is 0.292. The van der Waals surface area contributed by atoms with Crippen LogP contribution in [0.1, 0.15) is 33.4 Å². The van der Waals surface area contributed by atoms with Crippen molar-refractivity contribution in [1.29, 1.82) is 0 Å². The number of pyridine rings is 6. The second-order valence-corrected chi connectivity index (χ2v) is 21.9. The molecule has 93 heavy (non-hydrogen) atoms. The molecule has 1 aliphatic rings. The van der Waals surface area contributed by atoms with E-state index in [4.69, 9.17) is 42.6 Å². The van der Waals surface area contributed by atoms with Crippen LogP contribution >= 0.6 is 0 Å². The van der Waals surface area contributed by atoms with Gasteiger partial charge >= 0.3 is 0 Å². The third-order valence-electron chi connectivity index (χ3n) is 14.8. The summed E-state index contributed by atoms with van der Waals surface area (Å²) in [4.78, 5) is 74.4. The molecule has 7 heterocycles. The van der Waals surface area contributed by atoms with Gasteiger partial charge in [0, 0.05) is 76.4 Å². The number of nitrogens with zero attached hydrogens (tertiary/aromatic N) is 9. The number of amides is 3. The van der Waals surface area contributed by atoms with Crippen LogP contribution in [-0.4, -0.2) is 161 Å². The molecule has 0 unspecified atom stereocenters. The van der Waals surface area contributed by atoms with Crippen molar-refractivity contribution < 1.29 is 57.0 Å². The predicted molar refractivity (Wildman–Crippen MR) is 348 cm³/mol. The molecule has 3 aromatic carbocycles. The normalized spacial score (nSPS) is 12.5. The van der Waals surface area contributed by atoms with Gasteiger partial charge in [-0.1, -0.05) is 72.8 Å². The molecule has 0 aliphatic carbocycles. The summed E-state index contributed by atoms with van der Waals surface area (Å²) in [5.74, 6) is 1.31. The predicted octanol–water partition coefficient (Wildman–Crippen LogP) is 9.81. The van der Waals surface area contributed by atoms with E-state index in [0.29, 0.717) is 54.3 Å². The lowest BCUT2D eigenvalue weighted by molar-refractivity contribution is -0.137. The molecule has 0 radical (unpaired) electrons. The molecule has 10 rings (SSSR count). The Bertz CT molecular complexity index is 3400. The van der Waals surface area contributed by atoms with Crippen LogP contribution in [0.3, 0.4) is 0 Å². The number of hydrogen-bond donors (Lipinski definition) is 0. The number of ether oxygens (including phenoxy) is 9. The van der Waals surface area contributed by atoms with Crippen LogP contribution in [0, 0.1) is 20.8 Å². The summed E-state index contributed by atoms with van der Waals surface area (Å²) >= 11 is 0. The lowest BCUT2D eigenvalue weighted by Gasteiger charge is -2.26. The number of rotatable bonds is 30. The first-order valence-corrected chi connectivity index (χ1v) is 30.8. The van der Waals surface area contributed by atoms with Crippen LogP contribution in [0.15, 0.2) is 183 Å². The number of carbonyl (C=O) groups is 3. The van der Waals surface area contributed by atoms with Crippen LogP contribution in [-0.2, 0) is 48.4 Å². The SMILES string of the molecule is Cc1ccc(-c2ccc(COCCOc3ccccc3OCC(=O)N3CCN(C(=O)COc4ccccc4OCCOCc4ccc(-c5ccc(C)cn5)nc4)CCN(C(=O)COc4ccccc4OCCOCc4ccc(-c5ccc(C)cn5)nc4)CC3)cn2)nc1. The molecule has 1 saturated heterocycles. The van der Waals surface area contributed by atoms with Gasteiger partial charge in [0.15, 0.2) is 54.3 Å². The first kappa shape index (κ1) is 65.6. The molecular weight excluding hydrogens is 1180 g/mol. The van der Waals surface area contributed by atoms with E-state index < -0.39 is 0 Å². The minimum absolute atomic E-state index is 0.149. The molecule has 0 atom stereocenters. The lowest BCUT2D eigenvalue weighted by atomic mass is 10.2. The number of para-hydroxylation sites is 6. The quantitative estimate of drug-likeness (QED) is 0.0382. The summed E-state index contributed by atoms with van der Waals surface area (Å²) in [7, 11) is 0. The molecule has 9 aromatic rings. The second-order valence-electron chi connectivity index (χ2n) is 21.9. The number of hydrogen-bond acceptors (Lipinski definition) is 18. The summed E-state index contributed by atoms with van der Waals surface area (Å²) < 4.78 is 54.3. The maximum Gasteiger partial charge on any atom is 0.260 e. The van der Waals surface area contributed by atoms with E-state index in [1.54, 1.807) is 87.9 Å². The standard InChI is InChI=1S/C72H75N9O12/c1-52-16-22-58(73-40-52)61-25-19-55(43-76-61)46-85-34-37-88-64-10-4-7-13-67(64)91-49-70(82)79-28-30-80(71(83)50-92-68-14-8-5-11-65(68)89-38-35-86-47-56-20-26-62(77-44-56)59-23-17-53(2)41-74-59)32-33-81(31-29-79)72(84)51-93-69-15-9-6-12-66(69)90-39-36-87-48-57-21-27-63(78-45-57)60-24-18-54(3)42-75-60/h4-27,40-45H,28-39,46-51H2,1-3H3. The van der Waals surface area contributed by atoms with Gasteiger partial charge in [-0.15, -0.1) is 0 Å². The molecule has 0 spiro atoms. The van der Waals surface area contributed by atoms with E-state index in [1.807, 2.05) is 130 Å². The Labute approximate surface area is 541 Å². The van der Waals surface area contributed by atoms with E-state index in [1.165, 1.54) is 0 Å². The van der Waals surface area contributed by atoms with Crippen molar-refractivity contribution in [2.45, 2.75) is 40.6 Å². The van der Waals surface area contributed by atoms with Gasteiger partial charge in [-0.05, 0) is 127 Å². The molecule has 0 N–H and O–H groups in total. The maximum absolute atomic E-state index is 14.2. The number of carbonyl (C=O) groups excluding carboxylic acids is 3. The van der Waals surface area contributed by atoms with E-state index in [-0.39, 0.29) is 116 Å². The Kier molecular flexibility index (Phi) is 24.1. The first-order chi connectivity index (χ1) is 45.6. The minimum atomic E-state index is -0.360. The van der Waals surface area contributed by atoms with Crippen molar-refractivity contribution in [3.05, 3.63) is 216 Å². The van der Waals surface area contributed by atoms with Gasteiger partial charge in [0.1, 0.15) is 19.8 Å². The van der Waals surface area contributed by atoms with E-state index in [0.717, 1.165) is 67.5 Å². The van der Waals surface area contributed by atoms with Gasteiger partial charge < -0.3 is 57.3 Å². The molecule has 21 heteroatoms. The van der Waals surface area contributed by atoms with Crippen LogP contribution in [0.2, 0.25) is 0 Å². The Morgan fingerprint density at radius 1 is 0.301 bits per heavy atom. The fourth-order valence-electron chi connectivity index (χ4n) is 9.61. The van der Waals surface area contributed by atoms with Crippen molar-refractivity contribution in [3.63, 3.8) is 0 Å². The third-order valence-corrected chi connectivity index (χ3v) is 14.8. The molecular formula is C72H75N9O12. The molecule has 480 valence electrons. The van der Waals surface area contributed by atoms with E-state index >= 15 is 0 Å². The van der Waals surface area contributed by atoms with Crippen LogP contribution in [0.25, 0.3) is 34.2 Å². The Hall–Kier alpha value is -10.4. The molecule has 1 fully saturated rings. The smallest absolute Gasteiger partial charge is 0.260 e. The van der Waals surface area contributed by atoms with Crippen molar-refractivity contribution >= 4 is 17.7 Å². The summed E-state index contributed by atoms with van der Waals surface area (Å²) in [6.07, 6.45) is 10.8. The highest BCUT2D eigenvalue weighted by atomic mass is 16.6. The fourth-order valence-corrected chi connectivity index (χ4v) is 9.61. The first-order valence-electron chi connectivity index (χ1n) is 30.8. The number of aryl methyl sites for hydroxylation is 3. The van der Waals surface area contributed by atoms with Crippen LogP contribution in [0.5, 0.6) is 34.5 Å². The zero-order valence-electron chi connectivity index (χ0n) is 52.5. The van der Waals surface area contributed by atoms with Crippen molar-refractivity contribution in [2.24, 2.45) is 0 Å². The molecule has 0 saturated carbocycles. The Morgan fingerprint density at radius 2 is 0.538 bits per heavy atom. The topological polar surface area (TPSA) is 221 Å². The van der Waals surface area contributed by atoms with Crippen molar-refractivity contribution in [2.75, 3.05) is 98.7 Å². The second kappa shape index (κ2) is 34.2. The number of benzene rings is 3. The summed E-state index contributed by atoms with van der Waals surface area (Å²) in [6, 6.07) is 44.7. The summed E-state index contributed by atoms with van der Waals surface area (Å²) in [5, 5.41) is 0. The van der Waals surface area contributed by atoms with Gasteiger partial charge in [-0.2, -0.15) is 0 Å². The van der Waals surface area contributed by atoms with Crippen molar-refractivity contribution in [3.8, 4) is 68.7 Å². The average molecular weight is 1260 g/mol. The summed E-state index contributed by atoms with van der Waals surface area (Å²) in [5.41, 5.74) is 10.7. The molecule has 1 aliphatic heterocycles. The monoisotopic (exact) mass is 1260 g/mol. The van der Waals surface area contributed by atoms with Crippen LogP contribution in [0.4, 0.5) is 0 Å². The van der Waals surface area contributed by atoms with Gasteiger partial charge in [0.2, 0.25) is 0 Å². The zero-order chi connectivity index (χ0) is 64.4. The highest BCUT2D eigenvalue weighted by Gasteiger charge is 2.26. The highest BCUT2D eigenvalue weighted by molar-refractivity contribution is 5.81. The van der Waals surface area contributed by atoms with E-state index in [2.05, 4.69) is 29.9 Å². The number of aromatic nitrogens is 6. The van der Waals surface area contributed by atoms with Gasteiger partial charge in [-0.25, -0.2) is 0 Å². The highest BCUT2D eigenvalue weighted by Crippen LogP contribution is 2.30. The van der Waals surface area contributed by atoms with Crippen LogP contribution < -0.4 is 28.4 Å². The van der Waals surface area contributed by atoms with Gasteiger partial charge in [0.25, 0.3) is 17.7 Å². The Balaban J connectivity index is 0.721. The zero-order valence-corrected chi connectivity index (χ0v) is 52.5. The summed E-state index contributed by atoms with van der Waals surface area (Å²) in [6.45, 7) is 8.33. The maximum atomic E-state index is 14.2. The average Bonchev–Trinajstić information content (AvgIpc) is 1.97. The lowest BCUT2D eigenvalue weighted by Crippen LogP contribution is -2.44. The van der Waals surface area contributed by atoms with E-state index in [9.17, 15) is 14.4 Å². The third kappa shape index (κ3) is 20.1. The molecule has 21 nitrogen and oxygen atoms in total. The Morgan fingerprint density at radius 3 is 0.763 bits per heavy atom. The molecule has 3 amide bonds. The van der Waals surface area contributed by atoms with Gasteiger partial charge in [-0.3, -0.25) is 44.3 Å². The molecule has 0 bridgehead atoms. The molecule has 6 aromatic heterocycles. The minimum Gasteiger partial charge on any atom is -0.487 e. The largest absolute Gasteiger partial charge is 0.487 e. The van der Waals surface area contributed by atoms with Crippen molar-refractivity contribution in [1.82, 2.24) is 44.6 Å².